The number of ether oxygens (including phenoxy) is 2. The Balaban J connectivity index is 2.35. The third-order valence-corrected chi connectivity index (χ3v) is 2.96. The van der Waals surface area contributed by atoms with Gasteiger partial charge in [-0.3, -0.25) is 9.59 Å². The Kier molecular flexibility index (Phi) is 4.35. The summed E-state index contributed by atoms with van der Waals surface area (Å²) in [5.41, 5.74) is 1.87. The van der Waals surface area contributed by atoms with Crippen LogP contribution < -0.4 is 0 Å². The first-order valence-electron chi connectivity index (χ1n) is 6.34. The molecule has 0 bridgehead atoms. The summed E-state index contributed by atoms with van der Waals surface area (Å²) in [7, 11) is 0. The molecule has 0 unspecified atom stereocenters. The molecular weight excluding hydrogens is 256 g/mol. The van der Waals surface area contributed by atoms with Gasteiger partial charge in [0, 0.05) is 13.8 Å². The Hall–Kier alpha value is -2.36. The molecule has 0 amide bonds. The largest absolute Gasteiger partial charge is 0.461 e. The molecule has 0 saturated carbocycles. The standard InChI is InChI=1S/C16H16O4/c1-11(17)19-9-13-5-3-8-16-14(10-20-12(2)18)6-4-7-15(13)16/h3-8H,9-10H2,1-2H3. The normalized spacial score (nSPS) is 10.3. The first kappa shape index (κ1) is 14.1. The van der Waals surface area contributed by atoms with E-state index >= 15 is 0 Å². The summed E-state index contributed by atoms with van der Waals surface area (Å²) in [6.45, 7) is 3.25. The van der Waals surface area contributed by atoms with Crippen molar-refractivity contribution in [3.63, 3.8) is 0 Å². The van der Waals surface area contributed by atoms with Gasteiger partial charge in [-0.25, -0.2) is 0 Å². The van der Waals surface area contributed by atoms with E-state index in [1.54, 1.807) is 0 Å². The molecule has 0 spiro atoms. The molecule has 2 aromatic carbocycles. The highest BCUT2D eigenvalue weighted by atomic mass is 16.5. The van der Waals surface area contributed by atoms with Crippen molar-refractivity contribution in [1.82, 2.24) is 0 Å². The highest BCUT2D eigenvalue weighted by molar-refractivity contribution is 5.88. The molecule has 4 nitrogen and oxygen atoms in total. The molecule has 0 heterocycles. The summed E-state index contributed by atoms with van der Waals surface area (Å²) in [6.07, 6.45) is 0. The highest BCUT2D eigenvalue weighted by Gasteiger charge is 2.07. The molecule has 0 aromatic heterocycles. The van der Waals surface area contributed by atoms with Crippen LogP contribution in [0, 0.1) is 0 Å². The number of esters is 2. The van der Waals surface area contributed by atoms with Crippen molar-refractivity contribution in [2.45, 2.75) is 27.1 Å². The molecule has 0 aliphatic heterocycles. The van der Waals surface area contributed by atoms with E-state index in [4.69, 9.17) is 9.47 Å². The fourth-order valence-corrected chi connectivity index (χ4v) is 2.05. The average molecular weight is 272 g/mol. The highest BCUT2D eigenvalue weighted by Crippen LogP contribution is 2.23. The van der Waals surface area contributed by atoms with Crippen molar-refractivity contribution >= 4 is 22.7 Å². The first-order chi connectivity index (χ1) is 9.58. The Bertz CT molecular complexity index is 589. The topological polar surface area (TPSA) is 52.6 Å². The third kappa shape index (κ3) is 3.35. The molecule has 0 aliphatic carbocycles. The van der Waals surface area contributed by atoms with Crippen molar-refractivity contribution < 1.29 is 19.1 Å². The van der Waals surface area contributed by atoms with Gasteiger partial charge in [0.2, 0.25) is 0 Å². The Morgan fingerprint density at radius 3 is 1.55 bits per heavy atom. The van der Waals surface area contributed by atoms with Gasteiger partial charge in [0.25, 0.3) is 0 Å². The number of hydrogen-bond acceptors (Lipinski definition) is 4. The van der Waals surface area contributed by atoms with Gasteiger partial charge in [-0.2, -0.15) is 0 Å². The predicted octanol–water partition coefficient (Wildman–Crippen LogP) is 2.97. The fraction of sp³-hybridized carbons (Fsp3) is 0.250. The minimum atomic E-state index is -0.307. The van der Waals surface area contributed by atoms with Gasteiger partial charge < -0.3 is 9.47 Å². The van der Waals surface area contributed by atoms with Crippen LogP contribution in [0.3, 0.4) is 0 Å². The van der Waals surface area contributed by atoms with E-state index < -0.39 is 0 Å². The number of carbonyl (C=O) groups excluding carboxylic acids is 2. The molecular formula is C16H16O4. The van der Waals surface area contributed by atoms with Gasteiger partial charge in [-0.15, -0.1) is 0 Å². The zero-order chi connectivity index (χ0) is 14.5. The maximum atomic E-state index is 10.9. The van der Waals surface area contributed by atoms with Crippen LogP contribution in [0.25, 0.3) is 10.8 Å². The first-order valence-corrected chi connectivity index (χ1v) is 6.34. The lowest BCUT2D eigenvalue weighted by molar-refractivity contribution is -0.143. The van der Waals surface area contributed by atoms with Crippen molar-refractivity contribution in [2.75, 3.05) is 0 Å². The quantitative estimate of drug-likeness (QED) is 0.803. The van der Waals surface area contributed by atoms with Crippen molar-refractivity contribution in [3.05, 3.63) is 47.5 Å². The summed E-state index contributed by atoms with van der Waals surface area (Å²) >= 11 is 0. The van der Waals surface area contributed by atoms with Gasteiger partial charge in [0.05, 0.1) is 0 Å². The van der Waals surface area contributed by atoms with E-state index in [0.717, 1.165) is 21.9 Å². The van der Waals surface area contributed by atoms with Gasteiger partial charge in [0.1, 0.15) is 13.2 Å². The Morgan fingerprint density at radius 1 is 0.800 bits per heavy atom. The van der Waals surface area contributed by atoms with E-state index in [9.17, 15) is 9.59 Å². The zero-order valence-electron chi connectivity index (χ0n) is 11.5. The molecule has 4 heteroatoms. The molecule has 0 N–H and O–H groups in total. The van der Waals surface area contributed by atoms with Gasteiger partial charge in [-0.1, -0.05) is 36.4 Å². The van der Waals surface area contributed by atoms with E-state index in [1.807, 2.05) is 36.4 Å². The van der Waals surface area contributed by atoms with Crippen molar-refractivity contribution in [3.8, 4) is 0 Å². The minimum absolute atomic E-state index is 0.240. The monoisotopic (exact) mass is 272 g/mol. The Labute approximate surface area is 117 Å². The van der Waals surface area contributed by atoms with Crippen LogP contribution in [0.5, 0.6) is 0 Å². The number of carbonyl (C=O) groups is 2. The third-order valence-electron chi connectivity index (χ3n) is 2.96. The lowest BCUT2D eigenvalue weighted by Crippen LogP contribution is -2.01. The summed E-state index contributed by atoms with van der Waals surface area (Å²) in [5, 5.41) is 2.00. The molecule has 20 heavy (non-hydrogen) atoms. The molecule has 0 saturated heterocycles. The van der Waals surface area contributed by atoms with Crippen LogP contribution in [0.4, 0.5) is 0 Å². The number of benzene rings is 2. The van der Waals surface area contributed by atoms with Crippen molar-refractivity contribution in [1.29, 1.82) is 0 Å². The second kappa shape index (κ2) is 6.19. The van der Waals surface area contributed by atoms with Crippen LogP contribution in [0.2, 0.25) is 0 Å². The predicted molar refractivity (Wildman–Crippen MR) is 74.9 cm³/mol. The Morgan fingerprint density at radius 2 is 1.20 bits per heavy atom. The van der Waals surface area contributed by atoms with E-state index in [2.05, 4.69) is 0 Å². The second-order valence-corrected chi connectivity index (χ2v) is 4.49. The maximum absolute atomic E-state index is 10.9. The van der Waals surface area contributed by atoms with E-state index in [-0.39, 0.29) is 25.2 Å². The summed E-state index contributed by atoms with van der Waals surface area (Å²) in [6, 6.07) is 11.6. The fourth-order valence-electron chi connectivity index (χ4n) is 2.05. The van der Waals surface area contributed by atoms with Crippen molar-refractivity contribution in [2.24, 2.45) is 0 Å². The van der Waals surface area contributed by atoms with Gasteiger partial charge in [0.15, 0.2) is 0 Å². The van der Waals surface area contributed by atoms with Gasteiger partial charge >= 0.3 is 11.9 Å². The van der Waals surface area contributed by atoms with E-state index in [0.29, 0.717) is 0 Å². The average Bonchev–Trinajstić information content (AvgIpc) is 2.42. The molecule has 0 fully saturated rings. The van der Waals surface area contributed by atoms with Crippen LogP contribution >= 0.6 is 0 Å². The second-order valence-electron chi connectivity index (χ2n) is 4.49. The smallest absolute Gasteiger partial charge is 0.302 e. The molecule has 0 radical (unpaired) electrons. The minimum Gasteiger partial charge on any atom is -0.461 e. The lowest BCUT2D eigenvalue weighted by atomic mass is 10.0. The number of fused-ring (bicyclic) bond motifs is 1. The SMILES string of the molecule is CC(=O)OCc1cccc2c(COC(C)=O)cccc12. The number of hydrogen-bond donors (Lipinski definition) is 0. The molecule has 2 aromatic rings. The van der Waals surface area contributed by atoms with Crippen LogP contribution in [-0.2, 0) is 32.3 Å². The number of rotatable bonds is 4. The van der Waals surface area contributed by atoms with Crippen LogP contribution in [0.15, 0.2) is 36.4 Å². The summed E-state index contributed by atoms with van der Waals surface area (Å²) < 4.78 is 10.1. The zero-order valence-corrected chi connectivity index (χ0v) is 11.5. The molecule has 0 atom stereocenters. The molecule has 2 rings (SSSR count). The maximum Gasteiger partial charge on any atom is 0.302 e. The van der Waals surface area contributed by atoms with E-state index in [1.165, 1.54) is 13.8 Å². The molecule has 0 aliphatic rings. The lowest BCUT2D eigenvalue weighted by Gasteiger charge is -2.10. The summed E-state index contributed by atoms with van der Waals surface area (Å²) in [5.74, 6) is -0.615. The molecule has 104 valence electrons. The van der Waals surface area contributed by atoms with Crippen LogP contribution in [0.1, 0.15) is 25.0 Å². The summed E-state index contributed by atoms with van der Waals surface area (Å²) in [4.78, 5) is 21.8. The van der Waals surface area contributed by atoms with Gasteiger partial charge in [-0.05, 0) is 21.9 Å². The van der Waals surface area contributed by atoms with Crippen LogP contribution in [-0.4, -0.2) is 11.9 Å².